The number of carbonyl (C=O) groups excluding carboxylic acids is 2. The third-order valence-electron chi connectivity index (χ3n) is 4.19. The Morgan fingerprint density at radius 3 is 2.21 bits per heavy atom. The second kappa shape index (κ2) is 5.92. The molecule has 4 nitrogen and oxygen atoms in total. The number of hydrogen-bond acceptors (Lipinski definition) is 3. The van der Waals surface area contributed by atoms with Gasteiger partial charge in [0.1, 0.15) is 11.6 Å². The van der Waals surface area contributed by atoms with Crippen LogP contribution < -0.4 is 0 Å². The highest BCUT2D eigenvalue weighted by Crippen LogP contribution is 2.38. The number of carbonyl (C=O) groups is 2. The Morgan fingerprint density at radius 1 is 1.04 bits per heavy atom. The predicted octanol–water partition coefficient (Wildman–Crippen LogP) is 3.19. The van der Waals surface area contributed by atoms with Gasteiger partial charge >= 0.3 is 0 Å². The van der Waals surface area contributed by atoms with Crippen LogP contribution in [0.4, 0.5) is 4.39 Å². The molecule has 1 amide bonds. The van der Waals surface area contributed by atoms with E-state index in [0.29, 0.717) is 11.1 Å². The molecule has 2 aromatic rings. The summed E-state index contributed by atoms with van der Waals surface area (Å²) in [7, 11) is 1.49. The SMILES string of the molecule is Cc1ccc(C(O)=C2C(=O)C(=O)N(C)C2c2ccc(F)cc2)cc1. The Morgan fingerprint density at radius 2 is 1.62 bits per heavy atom. The largest absolute Gasteiger partial charge is 0.507 e. The highest BCUT2D eigenvalue weighted by molar-refractivity contribution is 6.46. The summed E-state index contributed by atoms with van der Waals surface area (Å²) in [5.41, 5.74) is 2.04. The molecule has 0 bridgehead atoms. The maximum Gasteiger partial charge on any atom is 0.295 e. The fraction of sp³-hybridized carbons (Fsp3) is 0.158. The van der Waals surface area contributed by atoms with Crippen molar-refractivity contribution in [3.8, 4) is 0 Å². The van der Waals surface area contributed by atoms with E-state index < -0.39 is 23.5 Å². The van der Waals surface area contributed by atoms with Gasteiger partial charge in [-0.2, -0.15) is 0 Å². The molecule has 122 valence electrons. The Balaban J connectivity index is 2.16. The zero-order valence-corrected chi connectivity index (χ0v) is 13.3. The van der Waals surface area contributed by atoms with Gasteiger partial charge in [0.25, 0.3) is 11.7 Å². The molecule has 24 heavy (non-hydrogen) atoms. The number of likely N-dealkylation sites (tertiary alicyclic amines) is 1. The van der Waals surface area contributed by atoms with Crippen molar-refractivity contribution >= 4 is 17.4 Å². The maximum atomic E-state index is 13.2. The molecule has 5 heteroatoms. The van der Waals surface area contributed by atoms with Gasteiger partial charge in [0.2, 0.25) is 0 Å². The van der Waals surface area contributed by atoms with Crippen LogP contribution in [-0.4, -0.2) is 28.7 Å². The smallest absolute Gasteiger partial charge is 0.295 e. The monoisotopic (exact) mass is 325 g/mol. The van der Waals surface area contributed by atoms with E-state index in [1.54, 1.807) is 12.1 Å². The molecular formula is C19H16FNO3. The molecule has 0 saturated carbocycles. The minimum atomic E-state index is -0.745. The Labute approximate surface area is 138 Å². The number of Topliss-reactive ketones (excluding diaryl/α,β-unsaturated/α-hetero) is 1. The van der Waals surface area contributed by atoms with Crippen LogP contribution in [0.1, 0.15) is 22.7 Å². The molecule has 1 fully saturated rings. The molecule has 1 aliphatic heterocycles. The van der Waals surface area contributed by atoms with Gasteiger partial charge in [-0.3, -0.25) is 9.59 Å². The molecule has 1 saturated heterocycles. The normalized spacial score (nSPS) is 19.8. The summed E-state index contributed by atoms with van der Waals surface area (Å²) in [4.78, 5) is 25.7. The Kier molecular flexibility index (Phi) is 3.93. The number of ketones is 1. The number of likely N-dealkylation sites (N-methyl/N-ethyl adjacent to an activating group) is 1. The number of nitrogens with zero attached hydrogens (tertiary/aromatic N) is 1. The van der Waals surface area contributed by atoms with E-state index in [1.165, 1.54) is 36.2 Å². The van der Waals surface area contributed by atoms with E-state index >= 15 is 0 Å². The van der Waals surface area contributed by atoms with E-state index in [-0.39, 0.29) is 11.3 Å². The van der Waals surface area contributed by atoms with Crippen molar-refractivity contribution in [3.05, 3.63) is 76.6 Å². The third-order valence-corrected chi connectivity index (χ3v) is 4.19. The van der Waals surface area contributed by atoms with Gasteiger partial charge < -0.3 is 10.0 Å². The first-order chi connectivity index (χ1) is 11.4. The van der Waals surface area contributed by atoms with Gasteiger partial charge in [-0.25, -0.2) is 4.39 Å². The van der Waals surface area contributed by atoms with Crippen LogP contribution >= 0.6 is 0 Å². The van der Waals surface area contributed by atoms with Gasteiger partial charge in [-0.05, 0) is 24.6 Å². The second-order valence-electron chi connectivity index (χ2n) is 5.83. The molecule has 2 aromatic carbocycles. The molecular weight excluding hydrogens is 309 g/mol. The Bertz CT molecular complexity index is 838. The van der Waals surface area contributed by atoms with Crippen LogP contribution in [-0.2, 0) is 9.59 Å². The first-order valence-electron chi connectivity index (χ1n) is 7.47. The number of aliphatic hydroxyl groups excluding tert-OH is 1. The highest BCUT2D eigenvalue weighted by Gasteiger charge is 2.44. The van der Waals surface area contributed by atoms with Crippen molar-refractivity contribution in [2.45, 2.75) is 13.0 Å². The third kappa shape index (κ3) is 2.58. The van der Waals surface area contributed by atoms with Crippen molar-refractivity contribution in [1.29, 1.82) is 0 Å². The lowest BCUT2D eigenvalue weighted by Crippen LogP contribution is -2.24. The van der Waals surface area contributed by atoms with Gasteiger partial charge in [0.05, 0.1) is 11.6 Å². The molecule has 1 N–H and O–H groups in total. The number of halogens is 1. The lowest BCUT2D eigenvalue weighted by molar-refractivity contribution is -0.139. The molecule has 3 rings (SSSR count). The van der Waals surface area contributed by atoms with Gasteiger partial charge in [0.15, 0.2) is 0 Å². The van der Waals surface area contributed by atoms with Crippen LogP contribution in [0.3, 0.4) is 0 Å². The quantitative estimate of drug-likeness (QED) is 0.524. The van der Waals surface area contributed by atoms with Crippen LogP contribution in [0.25, 0.3) is 5.76 Å². The van der Waals surface area contributed by atoms with Crippen LogP contribution in [0, 0.1) is 12.7 Å². The first kappa shape index (κ1) is 15.9. The van der Waals surface area contributed by atoms with Gasteiger partial charge in [-0.15, -0.1) is 0 Å². The zero-order chi connectivity index (χ0) is 17.4. The average Bonchev–Trinajstić information content (AvgIpc) is 2.80. The number of aliphatic hydroxyl groups is 1. The number of hydrogen-bond donors (Lipinski definition) is 1. The number of aryl methyl sites for hydroxylation is 1. The van der Waals surface area contributed by atoms with Gasteiger partial charge in [0, 0.05) is 12.6 Å². The van der Waals surface area contributed by atoms with E-state index in [1.807, 2.05) is 19.1 Å². The summed E-state index contributed by atoms with van der Waals surface area (Å²) in [5.74, 6) is -2.08. The summed E-state index contributed by atoms with van der Waals surface area (Å²) in [6, 6.07) is 11.8. The summed E-state index contributed by atoms with van der Waals surface area (Å²) in [5, 5.41) is 10.6. The maximum absolute atomic E-state index is 13.2. The minimum Gasteiger partial charge on any atom is -0.507 e. The van der Waals surface area contributed by atoms with E-state index in [2.05, 4.69) is 0 Å². The average molecular weight is 325 g/mol. The lowest BCUT2D eigenvalue weighted by atomic mass is 9.95. The molecule has 0 spiro atoms. The molecule has 0 radical (unpaired) electrons. The molecule has 1 aliphatic rings. The fourth-order valence-electron chi connectivity index (χ4n) is 2.85. The number of rotatable bonds is 2. The van der Waals surface area contributed by atoms with Crippen LogP contribution in [0.5, 0.6) is 0 Å². The number of benzene rings is 2. The summed E-state index contributed by atoms with van der Waals surface area (Å²) >= 11 is 0. The van der Waals surface area contributed by atoms with Crippen LogP contribution in [0.15, 0.2) is 54.1 Å². The van der Waals surface area contributed by atoms with Crippen molar-refractivity contribution in [2.24, 2.45) is 0 Å². The lowest BCUT2D eigenvalue weighted by Gasteiger charge is -2.21. The topological polar surface area (TPSA) is 57.6 Å². The molecule has 1 heterocycles. The Hall–Kier alpha value is -2.95. The van der Waals surface area contributed by atoms with Crippen molar-refractivity contribution in [1.82, 2.24) is 4.90 Å². The summed E-state index contributed by atoms with van der Waals surface area (Å²) in [6.45, 7) is 1.91. The first-order valence-corrected chi connectivity index (χ1v) is 7.47. The van der Waals surface area contributed by atoms with Crippen molar-refractivity contribution < 1.29 is 19.1 Å². The zero-order valence-electron chi connectivity index (χ0n) is 13.3. The molecule has 0 aliphatic carbocycles. The van der Waals surface area contributed by atoms with E-state index in [0.717, 1.165) is 5.56 Å². The van der Waals surface area contributed by atoms with E-state index in [4.69, 9.17) is 0 Å². The molecule has 1 atom stereocenters. The summed E-state index contributed by atoms with van der Waals surface area (Å²) in [6.07, 6.45) is 0. The van der Waals surface area contributed by atoms with Crippen LogP contribution in [0.2, 0.25) is 0 Å². The standard InChI is InChI=1S/C19H16FNO3/c1-11-3-5-13(6-4-11)17(22)15-16(21(2)19(24)18(15)23)12-7-9-14(20)10-8-12/h3-10,16,22H,1-2H3. The van der Waals surface area contributed by atoms with Gasteiger partial charge in [-0.1, -0.05) is 42.0 Å². The fourth-order valence-corrected chi connectivity index (χ4v) is 2.85. The van der Waals surface area contributed by atoms with E-state index in [9.17, 15) is 19.1 Å². The second-order valence-corrected chi connectivity index (χ2v) is 5.83. The molecule has 0 aromatic heterocycles. The number of amides is 1. The van der Waals surface area contributed by atoms with Crippen molar-refractivity contribution in [2.75, 3.05) is 7.05 Å². The molecule has 1 unspecified atom stereocenters. The highest BCUT2D eigenvalue weighted by atomic mass is 19.1. The summed E-state index contributed by atoms with van der Waals surface area (Å²) < 4.78 is 13.2. The van der Waals surface area contributed by atoms with Crippen molar-refractivity contribution in [3.63, 3.8) is 0 Å². The predicted molar refractivity (Wildman–Crippen MR) is 87.6 cm³/mol. The minimum absolute atomic E-state index is 0.0120.